The molecule has 0 saturated heterocycles. The highest BCUT2D eigenvalue weighted by atomic mass is 79.9. The number of benzene rings is 1. The van der Waals surface area contributed by atoms with Crippen molar-refractivity contribution in [2.45, 2.75) is 58.7 Å². The van der Waals surface area contributed by atoms with E-state index >= 15 is 0 Å². The standard InChI is InChI=1S/C21H26Br2Si/c1-5-6-7-8-11-18-13-15-19(16-14-18)20(21(22)23)12-9-10-17-24(2,3)4/h13-16H,5-8,11H2,1-4H3. The lowest BCUT2D eigenvalue weighted by Gasteiger charge is -2.05. The lowest BCUT2D eigenvalue weighted by atomic mass is 10.0. The third-order valence-electron chi connectivity index (χ3n) is 3.44. The molecule has 1 aromatic carbocycles. The van der Waals surface area contributed by atoms with Gasteiger partial charge >= 0.3 is 0 Å². The second-order valence-corrected chi connectivity index (χ2v) is 14.3. The summed E-state index contributed by atoms with van der Waals surface area (Å²) in [4.78, 5) is 0. The molecule has 0 amide bonds. The average Bonchev–Trinajstić information content (AvgIpc) is 2.51. The Morgan fingerprint density at radius 1 is 0.958 bits per heavy atom. The predicted octanol–water partition coefficient (Wildman–Crippen LogP) is 7.15. The molecule has 128 valence electrons. The molecule has 0 aromatic heterocycles. The number of hydrogen-bond donors (Lipinski definition) is 0. The fourth-order valence-corrected chi connectivity index (χ4v) is 3.23. The Morgan fingerprint density at radius 3 is 2.17 bits per heavy atom. The molecule has 0 atom stereocenters. The quantitative estimate of drug-likeness (QED) is 0.237. The van der Waals surface area contributed by atoms with Crippen LogP contribution in [0.15, 0.2) is 27.7 Å². The van der Waals surface area contributed by atoms with Crippen LogP contribution in [0.3, 0.4) is 0 Å². The van der Waals surface area contributed by atoms with E-state index in [9.17, 15) is 0 Å². The van der Waals surface area contributed by atoms with Gasteiger partial charge in [0.2, 0.25) is 0 Å². The third kappa shape index (κ3) is 8.93. The predicted molar refractivity (Wildman–Crippen MR) is 118 cm³/mol. The monoisotopic (exact) mass is 464 g/mol. The highest BCUT2D eigenvalue weighted by Gasteiger charge is 2.07. The van der Waals surface area contributed by atoms with Gasteiger partial charge in [-0.2, -0.15) is 0 Å². The van der Waals surface area contributed by atoms with Crippen molar-refractivity contribution in [1.29, 1.82) is 0 Å². The van der Waals surface area contributed by atoms with Crippen LogP contribution < -0.4 is 0 Å². The zero-order valence-corrected chi connectivity index (χ0v) is 19.3. The molecule has 3 heteroatoms. The zero-order valence-electron chi connectivity index (χ0n) is 15.1. The van der Waals surface area contributed by atoms with E-state index in [1.165, 1.54) is 31.2 Å². The van der Waals surface area contributed by atoms with Gasteiger partial charge in [0.05, 0.1) is 8.96 Å². The van der Waals surface area contributed by atoms with Gasteiger partial charge in [-0.3, -0.25) is 0 Å². The van der Waals surface area contributed by atoms with E-state index < -0.39 is 8.07 Å². The van der Waals surface area contributed by atoms with Gasteiger partial charge in [-0.05, 0) is 67.7 Å². The van der Waals surface area contributed by atoms with Crippen molar-refractivity contribution in [3.05, 3.63) is 38.8 Å². The highest BCUT2D eigenvalue weighted by molar-refractivity contribution is 9.28. The summed E-state index contributed by atoms with van der Waals surface area (Å²) in [7, 11) is -1.37. The Labute approximate surface area is 165 Å². The minimum Gasteiger partial charge on any atom is -0.118 e. The minimum atomic E-state index is -1.37. The molecular formula is C21H26Br2Si. The Bertz CT molecular complexity index is 667. The van der Waals surface area contributed by atoms with E-state index in [-0.39, 0.29) is 0 Å². The Kier molecular flexibility index (Phi) is 9.75. The summed E-state index contributed by atoms with van der Waals surface area (Å²) in [5.41, 5.74) is 6.72. The maximum absolute atomic E-state index is 3.50. The van der Waals surface area contributed by atoms with Gasteiger partial charge in [0.15, 0.2) is 0 Å². The fraction of sp³-hybridized carbons (Fsp3) is 0.429. The van der Waals surface area contributed by atoms with Gasteiger partial charge in [-0.15, -0.1) is 5.54 Å². The summed E-state index contributed by atoms with van der Waals surface area (Å²) in [6.45, 7) is 8.91. The lowest BCUT2D eigenvalue weighted by molar-refractivity contribution is 0.667. The molecule has 0 unspecified atom stereocenters. The number of rotatable bonds is 6. The second-order valence-electron chi connectivity index (χ2n) is 6.89. The largest absolute Gasteiger partial charge is 0.130 e. The molecule has 0 saturated carbocycles. The van der Waals surface area contributed by atoms with Crippen molar-refractivity contribution in [3.8, 4) is 23.3 Å². The van der Waals surface area contributed by atoms with E-state index in [2.05, 4.69) is 106 Å². The fourth-order valence-electron chi connectivity index (χ4n) is 2.14. The summed E-state index contributed by atoms with van der Waals surface area (Å²) in [5.74, 6) is 9.17. The Balaban J connectivity index is 2.82. The molecule has 0 aliphatic heterocycles. The molecule has 0 radical (unpaired) electrons. The second kappa shape index (κ2) is 11.0. The lowest BCUT2D eigenvalue weighted by Crippen LogP contribution is -2.16. The van der Waals surface area contributed by atoms with E-state index in [1.54, 1.807) is 0 Å². The van der Waals surface area contributed by atoms with Crippen LogP contribution in [-0.2, 0) is 6.42 Å². The maximum Gasteiger partial charge on any atom is 0.130 e. The third-order valence-corrected chi connectivity index (χ3v) is 5.11. The van der Waals surface area contributed by atoms with Gasteiger partial charge < -0.3 is 0 Å². The molecule has 0 fully saturated rings. The maximum atomic E-state index is 3.50. The normalized spacial score (nSPS) is 10.2. The zero-order chi connectivity index (χ0) is 18.0. The summed E-state index contributed by atoms with van der Waals surface area (Å²) in [5, 5.41) is 0. The van der Waals surface area contributed by atoms with Gasteiger partial charge in [0.1, 0.15) is 8.07 Å². The number of allylic oxidation sites excluding steroid dienone is 1. The molecule has 1 aromatic rings. The van der Waals surface area contributed by atoms with Crippen LogP contribution in [0.25, 0.3) is 5.57 Å². The van der Waals surface area contributed by atoms with Crippen molar-refractivity contribution in [1.82, 2.24) is 0 Å². The molecule has 0 nitrogen and oxygen atoms in total. The topological polar surface area (TPSA) is 0 Å². The Morgan fingerprint density at radius 2 is 1.62 bits per heavy atom. The summed E-state index contributed by atoms with van der Waals surface area (Å²) < 4.78 is 0.869. The van der Waals surface area contributed by atoms with Crippen LogP contribution in [-0.4, -0.2) is 8.07 Å². The van der Waals surface area contributed by atoms with Crippen molar-refractivity contribution in [2.24, 2.45) is 0 Å². The molecule has 0 aliphatic rings. The number of halogens is 2. The molecule has 0 aliphatic carbocycles. The molecule has 0 heterocycles. The highest BCUT2D eigenvalue weighted by Crippen LogP contribution is 2.27. The molecule has 0 spiro atoms. The SMILES string of the molecule is CCCCCCc1ccc(C(C#CC#C[Si](C)(C)C)=C(Br)Br)cc1. The van der Waals surface area contributed by atoms with Crippen LogP contribution in [0.2, 0.25) is 19.6 Å². The van der Waals surface area contributed by atoms with Gasteiger partial charge in [-0.25, -0.2) is 0 Å². The first-order chi connectivity index (χ1) is 11.3. The molecule has 0 bridgehead atoms. The van der Waals surface area contributed by atoms with E-state index in [1.807, 2.05) is 0 Å². The van der Waals surface area contributed by atoms with Crippen LogP contribution in [0, 0.1) is 23.3 Å². The first-order valence-corrected chi connectivity index (χ1v) is 13.6. The molecule has 1 rings (SSSR count). The van der Waals surface area contributed by atoms with Crippen LogP contribution >= 0.6 is 31.9 Å². The van der Waals surface area contributed by atoms with Crippen LogP contribution in [0.4, 0.5) is 0 Å². The summed E-state index contributed by atoms with van der Waals surface area (Å²) in [6.07, 6.45) is 6.35. The van der Waals surface area contributed by atoms with Crippen molar-refractivity contribution < 1.29 is 0 Å². The van der Waals surface area contributed by atoms with E-state index in [0.29, 0.717) is 0 Å². The van der Waals surface area contributed by atoms with Crippen molar-refractivity contribution in [3.63, 3.8) is 0 Å². The number of aryl methyl sites for hydroxylation is 1. The molecule has 0 N–H and O–H groups in total. The van der Waals surface area contributed by atoms with Gasteiger partial charge in [0.25, 0.3) is 0 Å². The van der Waals surface area contributed by atoms with Crippen LogP contribution in [0.5, 0.6) is 0 Å². The molecular weight excluding hydrogens is 440 g/mol. The van der Waals surface area contributed by atoms with Crippen molar-refractivity contribution >= 4 is 45.5 Å². The van der Waals surface area contributed by atoms with Crippen molar-refractivity contribution in [2.75, 3.05) is 0 Å². The van der Waals surface area contributed by atoms with E-state index in [0.717, 1.165) is 20.9 Å². The van der Waals surface area contributed by atoms with Gasteiger partial charge in [0, 0.05) is 0 Å². The van der Waals surface area contributed by atoms with E-state index in [4.69, 9.17) is 0 Å². The van der Waals surface area contributed by atoms with Gasteiger partial charge in [-0.1, -0.05) is 76.0 Å². The van der Waals surface area contributed by atoms with Crippen LogP contribution in [0.1, 0.15) is 43.7 Å². The number of unbranched alkanes of at least 4 members (excludes halogenated alkanes) is 3. The average molecular weight is 466 g/mol. The minimum absolute atomic E-state index is 0.869. The first-order valence-electron chi connectivity index (χ1n) is 8.51. The summed E-state index contributed by atoms with van der Waals surface area (Å²) in [6, 6.07) is 8.71. The first kappa shape index (κ1) is 21.3. The number of hydrogen-bond acceptors (Lipinski definition) is 0. The smallest absolute Gasteiger partial charge is 0.118 e. The Hall–Kier alpha value is -0.743. The summed E-state index contributed by atoms with van der Waals surface area (Å²) >= 11 is 7.00. The molecule has 24 heavy (non-hydrogen) atoms.